The fourth-order valence-corrected chi connectivity index (χ4v) is 3.51. The number of halogens is 1. The second-order valence-electron chi connectivity index (χ2n) is 7.19. The number of benzene rings is 2. The number of carbonyl (C=O) groups is 1. The third-order valence-electron chi connectivity index (χ3n) is 5.22. The highest BCUT2D eigenvalue weighted by Gasteiger charge is 2.28. The Kier molecular flexibility index (Phi) is 6.26. The van der Waals surface area contributed by atoms with E-state index in [4.69, 9.17) is 9.47 Å². The quantitative estimate of drug-likeness (QED) is 0.639. The van der Waals surface area contributed by atoms with Crippen molar-refractivity contribution in [1.29, 1.82) is 0 Å². The largest absolute Gasteiger partial charge is 0.497 e. The van der Waals surface area contributed by atoms with Crippen LogP contribution in [0.2, 0.25) is 0 Å². The minimum atomic E-state index is -0.437. The topological polar surface area (TPSA) is 76.6 Å². The monoisotopic (exact) mass is 422 g/mol. The Labute approximate surface area is 179 Å². The lowest BCUT2D eigenvalue weighted by Gasteiger charge is -2.32. The molecule has 4 rings (SSSR count). The van der Waals surface area contributed by atoms with Gasteiger partial charge < -0.3 is 19.7 Å². The highest BCUT2D eigenvalue weighted by molar-refractivity contribution is 5.92. The predicted molar refractivity (Wildman–Crippen MR) is 115 cm³/mol. The molecule has 8 heteroatoms. The summed E-state index contributed by atoms with van der Waals surface area (Å²) in [5.41, 5.74) is 0.207. The zero-order valence-corrected chi connectivity index (χ0v) is 17.1. The van der Waals surface area contributed by atoms with Crippen molar-refractivity contribution in [2.45, 2.75) is 12.8 Å². The van der Waals surface area contributed by atoms with E-state index >= 15 is 0 Å². The molecule has 1 aromatic heterocycles. The number of anilines is 2. The van der Waals surface area contributed by atoms with Crippen molar-refractivity contribution < 1.29 is 18.7 Å². The van der Waals surface area contributed by atoms with Crippen molar-refractivity contribution in [2.75, 3.05) is 30.4 Å². The number of nitrogens with one attached hydrogen (secondary N) is 1. The van der Waals surface area contributed by atoms with Crippen molar-refractivity contribution in [3.05, 3.63) is 66.7 Å². The minimum absolute atomic E-state index is 0.168. The highest BCUT2D eigenvalue weighted by Crippen LogP contribution is 2.32. The molecule has 2 aromatic carbocycles. The average molecular weight is 422 g/mol. The summed E-state index contributed by atoms with van der Waals surface area (Å²) >= 11 is 0. The first-order valence-corrected chi connectivity index (χ1v) is 10.1. The van der Waals surface area contributed by atoms with Crippen molar-refractivity contribution in [2.24, 2.45) is 5.92 Å². The number of carbonyl (C=O) groups excluding carboxylic acids is 1. The van der Waals surface area contributed by atoms with Crippen LogP contribution in [0.15, 0.2) is 60.9 Å². The number of aromatic nitrogens is 2. The summed E-state index contributed by atoms with van der Waals surface area (Å²) in [6.07, 6.45) is 4.45. The Bertz CT molecular complexity index is 1040. The van der Waals surface area contributed by atoms with Gasteiger partial charge in [0.2, 0.25) is 5.91 Å². The molecule has 0 atom stereocenters. The summed E-state index contributed by atoms with van der Waals surface area (Å²) in [6, 6.07) is 13.4. The van der Waals surface area contributed by atoms with Crippen LogP contribution in [0.25, 0.3) is 0 Å². The molecule has 1 fully saturated rings. The Morgan fingerprint density at radius 1 is 1.03 bits per heavy atom. The van der Waals surface area contributed by atoms with Gasteiger partial charge in [0, 0.05) is 31.4 Å². The van der Waals surface area contributed by atoms with E-state index < -0.39 is 5.82 Å². The van der Waals surface area contributed by atoms with E-state index in [9.17, 15) is 9.18 Å². The number of para-hydroxylation sites is 1. The maximum atomic E-state index is 13.8. The van der Waals surface area contributed by atoms with Crippen molar-refractivity contribution in [3.8, 4) is 17.4 Å². The van der Waals surface area contributed by atoms with Gasteiger partial charge >= 0.3 is 0 Å². The Hall–Kier alpha value is -3.68. The Morgan fingerprint density at radius 2 is 1.71 bits per heavy atom. The zero-order valence-electron chi connectivity index (χ0n) is 17.1. The summed E-state index contributed by atoms with van der Waals surface area (Å²) in [6.45, 7) is 1.24. The van der Waals surface area contributed by atoms with Crippen LogP contribution in [0.4, 0.5) is 15.9 Å². The van der Waals surface area contributed by atoms with Crippen molar-refractivity contribution in [3.63, 3.8) is 0 Å². The summed E-state index contributed by atoms with van der Waals surface area (Å²) in [7, 11) is 1.61. The summed E-state index contributed by atoms with van der Waals surface area (Å²) in [5, 5.41) is 2.69. The number of nitrogens with zero attached hydrogens (tertiary/aromatic N) is 3. The highest BCUT2D eigenvalue weighted by atomic mass is 19.1. The molecular weight excluding hydrogens is 399 g/mol. The Morgan fingerprint density at radius 3 is 2.42 bits per heavy atom. The van der Waals surface area contributed by atoms with E-state index in [0.717, 1.165) is 5.75 Å². The van der Waals surface area contributed by atoms with Gasteiger partial charge in [-0.1, -0.05) is 12.1 Å². The first kappa shape index (κ1) is 20.6. The average Bonchev–Trinajstić information content (AvgIpc) is 2.81. The lowest BCUT2D eigenvalue weighted by molar-refractivity contribution is -0.120. The summed E-state index contributed by atoms with van der Waals surface area (Å²) in [5.74, 6) is 1.60. The molecule has 0 spiro atoms. The van der Waals surface area contributed by atoms with Crippen molar-refractivity contribution >= 4 is 17.4 Å². The molecule has 0 bridgehead atoms. The number of piperidine rings is 1. The van der Waals surface area contributed by atoms with Gasteiger partial charge in [0.1, 0.15) is 17.3 Å². The molecule has 1 N–H and O–H groups in total. The fourth-order valence-electron chi connectivity index (χ4n) is 3.51. The first-order valence-electron chi connectivity index (χ1n) is 10.1. The first-order chi connectivity index (χ1) is 15.1. The molecular formula is C23H23FN4O3. The van der Waals surface area contributed by atoms with Crippen LogP contribution >= 0.6 is 0 Å². The predicted octanol–water partition coefficient (Wildman–Crippen LogP) is 4.27. The lowest BCUT2D eigenvalue weighted by atomic mass is 9.96. The maximum absolute atomic E-state index is 13.8. The number of amides is 1. The van der Waals surface area contributed by atoms with Gasteiger partial charge in [-0.15, -0.1) is 0 Å². The van der Waals surface area contributed by atoms with Gasteiger partial charge in [0.15, 0.2) is 5.82 Å². The van der Waals surface area contributed by atoms with Crippen LogP contribution in [0.1, 0.15) is 12.8 Å². The number of ether oxygens (including phenoxy) is 2. The van der Waals surface area contributed by atoms with E-state index in [0.29, 0.717) is 43.4 Å². The van der Waals surface area contributed by atoms with Crippen molar-refractivity contribution in [1.82, 2.24) is 9.97 Å². The molecule has 0 aliphatic carbocycles. The molecule has 2 heterocycles. The van der Waals surface area contributed by atoms with Gasteiger partial charge in [0.25, 0.3) is 5.88 Å². The van der Waals surface area contributed by atoms with Crippen LogP contribution in [0.5, 0.6) is 17.4 Å². The van der Waals surface area contributed by atoms with E-state index in [-0.39, 0.29) is 17.5 Å². The van der Waals surface area contributed by atoms with Gasteiger partial charge in [-0.3, -0.25) is 4.79 Å². The molecule has 31 heavy (non-hydrogen) atoms. The molecule has 1 saturated heterocycles. The fraction of sp³-hybridized carbons (Fsp3) is 0.261. The molecule has 0 radical (unpaired) electrons. The molecule has 160 valence electrons. The molecule has 1 amide bonds. The van der Waals surface area contributed by atoms with E-state index in [2.05, 4.69) is 20.2 Å². The van der Waals surface area contributed by atoms with Crippen LogP contribution < -0.4 is 19.7 Å². The van der Waals surface area contributed by atoms with Gasteiger partial charge in [0.05, 0.1) is 12.8 Å². The lowest BCUT2D eigenvalue weighted by Crippen LogP contribution is -2.38. The number of methoxy groups -OCH3 is 1. The number of hydrogen-bond acceptors (Lipinski definition) is 6. The summed E-state index contributed by atoms with van der Waals surface area (Å²) in [4.78, 5) is 23.4. The Balaban J connectivity index is 1.39. The maximum Gasteiger partial charge on any atom is 0.263 e. The second-order valence-corrected chi connectivity index (χ2v) is 7.19. The minimum Gasteiger partial charge on any atom is -0.497 e. The van der Waals surface area contributed by atoms with Crippen LogP contribution in [-0.2, 0) is 4.79 Å². The zero-order chi connectivity index (χ0) is 21.6. The number of hydrogen-bond donors (Lipinski definition) is 1. The molecule has 0 unspecified atom stereocenters. The molecule has 1 aliphatic heterocycles. The second kappa shape index (κ2) is 9.42. The third-order valence-corrected chi connectivity index (χ3v) is 5.22. The van der Waals surface area contributed by atoms with Crippen LogP contribution in [-0.4, -0.2) is 36.1 Å². The standard InChI is InChI=1S/C23H23FN4O3/c1-30-17-6-8-18(9-7-17)31-23-21(25-12-13-26-23)28-14-10-16(11-15-28)22(29)27-20-5-3-2-4-19(20)24/h2-9,12-13,16H,10-11,14-15H2,1H3,(H,27,29). The van der Waals surface area contributed by atoms with Gasteiger partial charge in [-0.2, -0.15) is 0 Å². The number of rotatable bonds is 6. The van der Waals surface area contributed by atoms with Crippen LogP contribution in [0, 0.1) is 11.7 Å². The van der Waals surface area contributed by atoms with Gasteiger partial charge in [-0.25, -0.2) is 14.4 Å². The van der Waals surface area contributed by atoms with Crippen LogP contribution in [0.3, 0.4) is 0 Å². The van der Waals surface area contributed by atoms with E-state index in [1.165, 1.54) is 6.07 Å². The van der Waals surface area contributed by atoms with E-state index in [1.54, 1.807) is 49.8 Å². The summed E-state index contributed by atoms with van der Waals surface area (Å²) < 4.78 is 24.9. The smallest absolute Gasteiger partial charge is 0.263 e. The SMILES string of the molecule is COc1ccc(Oc2nccnc2N2CCC(C(=O)Nc3ccccc3F)CC2)cc1. The van der Waals surface area contributed by atoms with E-state index in [1.807, 2.05) is 12.1 Å². The normalized spacial score (nSPS) is 14.2. The van der Waals surface area contributed by atoms with Gasteiger partial charge in [-0.05, 0) is 49.2 Å². The molecule has 3 aromatic rings. The molecule has 1 aliphatic rings. The third kappa shape index (κ3) is 4.91. The molecule has 0 saturated carbocycles. The molecule has 7 nitrogen and oxygen atoms in total.